The van der Waals surface area contributed by atoms with Crippen LogP contribution in [0.2, 0.25) is 0 Å². The van der Waals surface area contributed by atoms with E-state index in [4.69, 9.17) is 4.74 Å². The van der Waals surface area contributed by atoms with Crippen LogP contribution in [0.5, 0.6) is 0 Å². The molecule has 29 heavy (non-hydrogen) atoms. The third kappa shape index (κ3) is 3.11. The van der Waals surface area contributed by atoms with E-state index in [2.05, 4.69) is 21.2 Å². The van der Waals surface area contributed by atoms with Crippen LogP contribution in [-0.2, 0) is 4.74 Å². The Bertz CT molecular complexity index is 1210. The number of carbonyl (C=O) groups is 1. The number of carbonyl (C=O) groups excluding carboxylic acids is 1. The molecule has 6 heteroatoms. The molecule has 0 radical (unpaired) electrons. The number of aromatic amines is 2. The number of nitrogens with one attached hydrogen (secondary N) is 2. The summed E-state index contributed by atoms with van der Waals surface area (Å²) in [5.74, 6) is 0.135. The molecular weight excluding hydrogens is 366 g/mol. The minimum absolute atomic E-state index is 0.232. The van der Waals surface area contributed by atoms with Gasteiger partial charge in [-0.3, -0.25) is 4.79 Å². The molecule has 1 aliphatic rings. The number of aromatic nitrogens is 3. The molecule has 2 aromatic carbocycles. The van der Waals surface area contributed by atoms with Crippen molar-refractivity contribution < 1.29 is 14.6 Å². The number of nitrogens with zero attached hydrogens (tertiary/aromatic N) is 1. The minimum Gasteiger partial charge on any atom is -0.515 e. The number of Topliss-reactive ketones (excluding diaryl/α,β-unsaturated/α-hetero) is 1. The number of ether oxygens (including phenoxy) is 1. The maximum atomic E-state index is 13.0. The summed E-state index contributed by atoms with van der Waals surface area (Å²) in [6.07, 6.45) is 2.85. The summed E-state index contributed by atoms with van der Waals surface area (Å²) >= 11 is 0. The summed E-state index contributed by atoms with van der Waals surface area (Å²) in [6, 6.07) is 15.0. The highest BCUT2D eigenvalue weighted by Crippen LogP contribution is 2.33. The summed E-state index contributed by atoms with van der Waals surface area (Å²) in [5, 5.41) is 18.2. The first-order valence-corrected chi connectivity index (χ1v) is 9.77. The normalized spacial score (nSPS) is 15.9. The number of fused-ring (bicyclic) bond motifs is 2. The number of aliphatic hydroxyl groups is 1. The van der Waals surface area contributed by atoms with Gasteiger partial charge in [-0.1, -0.05) is 30.3 Å². The van der Waals surface area contributed by atoms with Gasteiger partial charge in [0.15, 0.2) is 0 Å². The van der Waals surface area contributed by atoms with Gasteiger partial charge in [0.25, 0.3) is 0 Å². The Balaban J connectivity index is 1.54. The van der Waals surface area contributed by atoms with Crippen molar-refractivity contribution in [2.45, 2.75) is 18.8 Å². The highest BCUT2D eigenvalue weighted by atomic mass is 16.5. The Morgan fingerprint density at radius 1 is 1.10 bits per heavy atom. The van der Waals surface area contributed by atoms with Crippen molar-refractivity contribution in [3.8, 4) is 0 Å². The highest BCUT2D eigenvalue weighted by Gasteiger charge is 2.22. The molecular formula is C23H21N3O3. The monoisotopic (exact) mass is 387 g/mol. The van der Waals surface area contributed by atoms with E-state index in [1.54, 1.807) is 18.2 Å². The second-order valence-electron chi connectivity index (χ2n) is 7.39. The molecule has 0 amide bonds. The van der Waals surface area contributed by atoms with Gasteiger partial charge in [0, 0.05) is 35.6 Å². The number of H-pyrrole nitrogens is 2. The van der Waals surface area contributed by atoms with E-state index in [0.717, 1.165) is 54.1 Å². The number of benzene rings is 2. The molecule has 146 valence electrons. The minimum atomic E-state index is -0.297. The van der Waals surface area contributed by atoms with Gasteiger partial charge in [0.1, 0.15) is 5.69 Å². The zero-order valence-corrected chi connectivity index (χ0v) is 15.8. The first-order chi connectivity index (χ1) is 14.2. The molecule has 3 N–H and O–H groups in total. The Morgan fingerprint density at radius 2 is 1.90 bits per heavy atom. The van der Waals surface area contributed by atoms with Crippen molar-refractivity contribution in [2.24, 2.45) is 0 Å². The Morgan fingerprint density at radius 3 is 2.66 bits per heavy atom. The lowest BCUT2D eigenvalue weighted by atomic mass is 9.94. The van der Waals surface area contributed by atoms with E-state index in [0.29, 0.717) is 17.2 Å². The molecule has 0 saturated carbocycles. The van der Waals surface area contributed by atoms with Crippen LogP contribution in [0.4, 0.5) is 0 Å². The van der Waals surface area contributed by atoms with Gasteiger partial charge in [-0.15, -0.1) is 0 Å². The van der Waals surface area contributed by atoms with Crippen LogP contribution < -0.4 is 0 Å². The summed E-state index contributed by atoms with van der Waals surface area (Å²) in [4.78, 5) is 17.5. The lowest BCUT2D eigenvalue weighted by molar-refractivity contribution is 0.0847. The molecule has 6 nitrogen and oxygen atoms in total. The molecule has 0 spiro atoms. The average molecular weight is 387 g/mol. The van der Waals surface area contributed by atoms with Crippen molar-refractivity contribution in [3.05, 3.63) is 71.7 Å². The third-order valence-corrected chi connectivity index (χ3v) is 5.64. The molecule has 0 unspecified atom stereocenters. The van der Waals surface area contributed by atoms with Crippen molar-refractivity contribution in [1.29, 1.82) is 0 Å². The first kappa shape index (κ1) is 17.7. The van der Waals surface area contributed by atoms with E-state index in [9.17, 15) is 9.90 Å². The zero-order valence-electron chi connectivity index (χ0n) is 15.8. The smallest absolute Gasteiger partial charge is 0.215 e. The molecule has 3 heterocycles. The highest BCUT2D eigenvalue weighted by molar-refractivity contribution is 6.28. The molecule has 4 aromatic rings. The Kier molecular flexibility index (Phi) is 4.41. The van der Waals surface area contributed by atoms with Crippen LogP contribution in [0.1, 0.15) is 40.5 Å². The number of hydrogen-bond donors (Lipinski definition) is 3. The first-order valence-electron chi connectivity index (χ1n) is 9.77. The third-order valence-electron chi connectivity index (χ3n) is 5.64. The van der Waals surface area contributed by atoms with Gasteiger partial charge in [-0.25, -0.2) is 4.98 Å². The summed E-state index contributed by atoms with van der Waals surface area (Å²) in [6.45, 7) is 1.56. The van der Waals surface area contributed by atoms with Crippen molar-refractivity contribution in [3.63, 3.8) is 0 Å². The van der Waals surface area contributed by atoms with E-state index in [1.165, 1.54) is 5.69 Å². The van der Waals surface area contributed by atoms with Gasteiger partial charge in [-0.05, 0) is 36.6 Å². The Hall–Kier alpha value is -3.38. The fraction of sp³-hybridized carbons (Fsp3) is 0.217. The van der Waals surface area contributed by atoms with Crippen molar-refractivity contribution >= 4 is 33.2 Å². The second-order valence-corrected chi connectivity index (χ2v) is 7.39. The predicted molar refractivity (Wildman–Crippen MR) is 112 cm³/mol. The van der Waals surface area contributed by atoms with Gasteiger partial charge in [0.05, 0.1) is 22.9 Å². The molecule has 1 fully saturated rings. The maximum Gasteiger partial charge on any atom is 0.215 e. The van der Waals surface area contributed by atoms with Crippen LogP contribution in [-0.4, -0.2) is 39.3 Å². The van der Waals surface area contributed by atoms with Crippen LogP contribution in [0.15, 0.2) is 54.8 Å². The molecule has 0 bridgehead atoms. The Labute approximate surface area is 167 Å². The van der Waals surface area contributed by atoms with Gasteiger partial charge in [0.2, 0.25) is 5.78 Å². The van der Waals surface area contributed by atoms with Gasteiger partial charge in [-0.2, -0.15) is 0 Å². The molecule has 2 aromatic heterocycles. The van der Waals surface area contributed by atoms with Crippen LogP contribution in [0, 0.1) is 0 Å². The fourth-order valence-electron chi connectivity index (χ4n) is 4.10. The lowest BCUT2D eigenvalue weighted by Crippen LogP contribution is -2.14. The van der Waals surface area contributed by atoms with Crippen LogP contribution in [0.25, 0.3) is 27.4 Å². The number of hydrogen-bond acceptors (Lipinski definition) is 4. The van der Waals surface area contributed by atoms with Crippen LogP contribution >= 0.6 is 0 Å². The quantitative estimate of drug-likeness (QED) is 0.268. The number of allylic oxidation sites excluding steroid dienone is 1. The number of rotatable bonds is 4. The second kappa shape index (κ2) is 7.22. The molecule has 0 atom stereocenters. The fourth-order valence-corrected chi connectivity index (χ4v) is 4.10. The van der Waals surface area contributed by atoms with E-state index < -0.39 is 0 Å². The standard InChI is InChI=1S/C23H21N3O3/c27-13-18(14-4-2-1-3-5-14)23(28)21-11-16-10-17-20(12-19(16)24-21)25-26-22(17)15-6-8-29-9-7-15/h1-5,10-13,15,25-27H,6-9H2/b18-13+. The van der Waals surface area contributed by atoms with Crippen LogP contribution in [0.3, 0.4) is 0 Å². The van der Waals surface area contributed by atoms with E-state index in [-0.39, 0.29) is 11.4 Å². The summed E-state index contributed by atoms with van der Waals surface area (Å²) < 4.78 is 5.48. The molecule has 0 aliphatic carbocycles. The number of aliphatic hydroxyl groups excluding tert-OH is 1. The predicted octanol–water partition coefficient (Wildman–Crippen LogP) is 4.72. The topological polar surface area (TPSA) is 91.0 Å². The summed E-state index contributed by atoms with van der Waals surface area (Å²) in [7, 11) is 0. The SMILES string of the molecule is O=C(/C(=C/O)c1ccccc1)c1cc2cc3c(C4CCOCC4)[nH][nH]c3cc2n1. The molecule has 1 aliphatic heterocycles. The lowest BCUT2D eigenvalue weighted by Gasteiger charge is -2.21. The zero-order chi connectivity index (χ0) is 19.8. The number of ketones is 1. The average Bonchev–Trinajstić information content (AvgIpc) is 3.37. The van der Waals surface area contributed by atoms with Gasteiger partial charge >= 0.3 is 0 Å². The maximum absolute atomic E-state index is 13.0. The molecule has 1 saturated heterocycles. The largest absolute Gasteiger partial charge is 0.515 e. The molecule has 5 rings (SSSR count). The van der Waals surface area contributed by atoms with Crippen molar-refractivity contribution in [2.75, 3.05) is 13.2 Å². The van der Waals surface area contributed by atoms with Crippen molar-refractivity contribution in [1.82, 2.24) is 15.2 Å². The van der Waals surface area contributed by atoms with E-state index >= 15 is 0 Å². The van der Waals surface area contributed by atoms with Gasteiger partial charge < -0.3 is 20.0 Å². The van der Waals surface area contributed by atoms with E-state index in [1.807, 2.05) is 24.3 Å². The summed E-state index contributed by atoms with van der Waals surface area (Å²) in [5.41, 5.74) is 4.12.